The van der Waals surface area contributed by atoms with Crippen LogP contribution in [0.15, 0.2) is 52.9 Å². The number of rotatable bonds is 6. The molecule has 5 rings (SSSR count). The number of aromatic nitrogens is 1. The second-order valence-corrected chi connectivity index (χ2v) is 12.7. The minimum atomic E-state index is -3.60. The highest BCUT2D eigenvalue weighted by molar-refractivity contribution is 7.90. The predicted molar refractivity (Wildman–Crippen MR) is 137 cm³/mol. The van der Waals surface area contributed by atoms with Crippen LogP contribution in [0, 0.1) is 11.3 Å². The molecule has 2 aliphatic rings. The monoisotopic (exact) mass is 527 g/mol. The Morgan fingerprint density at radius 1 is 1.14 bits per heavy atom. The summed E-state index contributed by atoms with van der Waals surface area (Å²) < 4.78 is 27.0. The number of para-hydroxylation sites is 1. The average Bonchev–Trinajstić information content (AvgIpc) is 3.50. The Hall–Kier alpha value is -2.82. The zero-order valence-electron chi connectivity index (χ0n) is 20.1. The van der Waals surface area contributed by atoms with Gasteiger partial charge < -0.3 is 14.9 Å². The number of likely N-dealkylation sites (tertiary alicyclic amines) is 2. The number of piperidine rings is 1. The molecule has 36 heavy (non-hydrogen) atoms. The van der Waals surface area contributed by atoms with Gasteiger partial charge in [-0.05, 0) is 49.1 Å². The fraction of sp³-hybridized carbons (Fsp3) is 0.423. The number of sulfone groups is 1. The van der Waals surface area contributed by atoms with E-state index in [4.69, 9.17) is 0 Å². The predicted octanol–water partition coefficient (Wildman–Crippen LogP) is 2.96. The largest absolute Gasteiger partial charge is 0.396 e. The van der Waals surface area contributed by atoms with Gasteiger partial charge in [0.05, 0.1) is 26.4 Å². The number of carbonyl (C=O) groups is 2. The highest BCUT2D eigenvalue weighted by Crippen LogP contribution is 2.43. The molecular weight excluding hydrogens is 498 g/mol. The van der Waals surface area contributed by atoms with Crippen LogP contribution in [0.1, 0.15) is 35.2 Å². The molecule has 2 saturated heterocycles. The molecule has 3 heterocycles. The lowest BCUT2D eigenvalue weighted by atomic mass is 9.68. The molecule has 2 amide bonds. The van der Waals surface area contributed by atoms with Crippen LogP contribution in [0.2, 0.25) is 0 Å². The van der Waals surface area contributed by atoms with Crippen LogP contribution in [0.4, 0.5) is 0 Å². The topological polar surface area (TPSA) is 108 Å². The summed E-state index contributed by atoms with van der Waals surface area (Å²) in [4.78, 5) is 33.6. The van der Waals surface area contributed by atoms with Crippen molar-refractivity contribution in [2.75, 3.05) is 33.3 Å². The Labute approximate surface area is 214 Å². The number of hydrogen-bond donors (Lipinski definition) is 1. The van der Waals surface area contributed by atoms with Gasteiger partial charge in [-0.3, -0.25) is 9.59 Å². The maximum Gasteiger partial charge on any atom is 0.253 e. The molecule has 0 saturated carbocycles. The first-order valence-corrected chi connectivity index (χ1v) is 14.6. The van der Waals surface area contributed by atoms with E-state index in [0.29, 0.717) is 49.1 Å². The molecule has 0 bridgehead atoms. The van der Waals surface area contributed by atoms with Gasteiger partial charge in [0.1, 0.15) is 0 Å². The number of benzene rings is 2. The third-order valence-corrected chi connectivity index (χ3v) is 10.3. The highest BCUT2D eigenvalue weighted by atomic mass is 32.2. The van der Waals surface area contributed by atoms with Crippen LogP contribution >= 0.6 is 11.3 Å². The van der Waals surface area contributed by atoms with Crippen molar-refractivity contribution in [3.63, 3.8) is 0 Å². The fourth-order valence-corrected chi connectivity index (χ4v) is 7.79. The molecular formula is C26H29N3O5S2. The molecule has 0 spiro atoms. The third-order valence-electron chi connectivity index (χ3n) is 7.74. The summed E-state index contributed by atoms with van der Waals surface area (Å²) in [5, 5.41) is 10.2. The lowest BCUT2D eigenvalue weighted by molar-refractivity contribution is -0.136. The fourth-order valence-electron chi connectivity index (χ4n) is 5.50. The number of amides is 2. The lowest BCUT2D eigenvalue weighted by Crippen LogP contribution is -2.49. The van der Waals surface area contributed by atoms with Crippen molar-refractivity contribution < 1.29 is 23.1 Å². The summed E-state index contributed by atoms with van der Waals surface area (Å²) in [5.74, 6) is -0.412. The summed E-state index contributed by atoms with van der Waals surface area (Å²) in [6.07, 6.45) is 1.90. The number of nitrogens with zero attached hydrogens (tertiary/aromatic N) is 3. The van der Waals surface area contributed by atoms with Gasteiger partial charge in [0.2, 0.25) is 5.91 Å². The van der Waals surface area contributed by atoms with Crippen molar-refractivity contribution in [2.45, 2.75) is 29.9 Å². The lowest BCUT2D eigenvalue weighted by Gasteiger charge is -2.43. The van der Waals surface area contributed by atoms with E-state index >= 15 is 0 Å². The molecule has 1 aromatic heterocycles. The number of hydrogen-bond acceptors (Lipinski definition) is 7. The summed E-state index contributed by atoms with van der Waals surface area (Å²) >= 11 is 1.40. The Morgan fingerprint density at radius 2 is 1.86 bits per heavy atom. The minimum absolute atomic E-state index is 0.0585. The van der Waals surface area contributed by atoms with Gasteiger partial charge in [-0.15, -0.1) is 11.3 Å². The molecule has 8 nitrogen and oxygen atoms in total. The summed E-state index contributed by atoms with van der Waals surface area (Å²) in [6, 6.07) is 11.8. The van der Waals surface area contributed by atoms with Gasteiger partial charge in [0.25, 0.3) is 5.91 Å². The van der Waals surface area contributed by atoms with Crippen LogP contribution in [0.3, 0.4) is 0 Å². The molecule has 1 atom stereocenters. The highest BCUT2D eigenvalue weighted by Gasteiger charge is 2.48. The average molecular weight is 528 g/mol. The van der Waals surface area contributed by atoms with Crippen molar-refractivity contribution in [3.8, 4) is 0 Å². The third kappa shape index (κ3) is 4.42. The first kappa shape index (κ1) is 24.9. The van der Waals surface area contributed by atoms with E-state index < -0.39 is 15.3 Å². The van der Waals surface area contributed by atoms with Gasteiger partial charge in [-0.1, -0.05) is 18.2 Å². The number of fused-ring (bicyclic) bond motifs is 1. The van der Waals surface area contributed by atoms with Crippen molar-refractivity contribution >= 4 is 43.2 Å². The van der Waals surface area contributed by atoms with Gasteiger partial charge in [-0.25, -0.2) is 13.4 Å². The van der Waals surface area contributed by atoms with Crippen molar-refractivity contribution in [2.24, 2.45) is 11.3 Å². The molecule has 10 heteroatoms. The SMILES string of the molecule is CN1CCC(C2(CO)CCN(C(=O)c3ccc(CS(=O)(=O)c4cccc5scnc45)cc3)CC2)C1=O. The number of aliphatic hydroxyl groups is 1. The molecule has 2 aromatic carbocycles. The first-order chi connectivity index (χ1) is 17.2. The second kappa shape index (κ2) is 9.57. The summed E-state index contributed by atoms with van der Waals surface area (Å²) in [7, 11) is -1.81. The molecule has 1 N–H and O–H groups in total. The van der Waals surface area contributed by atoms with E-state index in [1.54, 1.807) is 58.8 Å². The van der Waals surface area contributed by atoms with E-state index in [2.05, 4.69) is 4.98 Å². The van der Waals surface area contributed by atoms with Crippen molar-refractivity contribution in [1.29, 1.82) is 0 Å². The zero-order chi connectivity index (χ0) is 25.5. The van der Waals surface area contributed by atoms with Crippen LogP contribution in [0.25, 0.3) is 10.2 Å². The molecule has 190 valence electrons. The summed E-state index contributed by atoms with van der Waals surface area (Å²) in [6.45, 7) is 1.59. The molecule has 3 aromatic rings. The van der Waals surface area contributed by atoms with Crippen LogP contribution in [-0.4, -0.2) is 73.4 Å². The molecule has 0 aliphatic carbocycles. The minimum Gasteiger partial charge on any atom is -0.396 e. The van der Waals surface area contributed by atoms with Crippen LogP contribution in [0.5, 0.6) is 0 Å². The maximum absolute atomic E-state index is 13.1. The van der Waals surface area contributed by atoms with E-state index in [1.807, 2.05) is 6.07 Å². The Morgan fingerprint density at radius 3 is 2.50 bits per heavy atom. The Balaban J connectivity index is 1.25. The quantitative estimate of drug-likeness (QED) is 0.528. The molecule has 2 fully saturated rings. The zero-order valence-corrected chi connectivity index (χ0v) is 21.7. The molecule has 1 unspecified atom stereocenters. The van der Waals surface area contributed by atoms with Gasteiger partial charge in [0.15, 0.2) is 9.84 Å². The number of thiazole rings is 1. The van der Waals surface area contributed by atoms with E-state index in [-0.39, 0.29) is 35.0 Å². The molecule has 0 radical (unpaired) electrons. The van der Waals surface area contributed by atoms with E-state index in [0.717, 1.165) is 11.1 Å². The number of carbonyl (C=O) groups excluding carboxylic acids is 2. The Kier molecular flexibility index (Phi) is 6.61. The van der Waals surface area contributed by atoms with Crippen molar-refractivity contribution in [3.05, 3.63) is 59.1 Å². The Bertz CT molecular complexity index is 1390. The van der Waals surface area contributed by atoms with Crippen LogP contribution < -0.4 is 0 Å². The number of aliphatic hydroxyl groups excluding tert-OH is 1. The normalized spacial score (nSPS) is 20.3. The smallest absolute Gasteiger partial charge is 0.253 e. The maximum atomic E-state index is 13.1. The van der Waals surface area contributed by atoms with Crippen molar-refractivity contribution in [1.82, 2.24) is 14.8 Å². The first-order valence-electron chi connectivity index (χ1n) is 12.0. The van der Waals surface area contributed by atoms with E-state index in [9.17, 15) is 23.1 Å². The van der Waals surface area contributed by atoms with Gasteiger partial charge >= 0.3 is 0 Å². The summed E-state index contributed by atoms with van der Waals surface area (Å²) in [5.41, 5.74) is 2.74. The van der Waals surface area contributed by atoms with Crippen LogP contribution in [-0.2, 0) is 20.4 Å². The second-order valence-electron chi connectivity index (χ2n) is 9.83. The van der Waals surface area contributed by atoms with E-state index in [1.165, 1.54) is 11.3 Å². The molecule has 2 aliphatic heterocycles. The van der Waals surface area contributed by atoms with Gasteiger partial charge in [-0.2, -0.15) is 0 Å². The standard InChI is InChI=1S/C26H29N3O5S2/c1-28-12-9-20(25(28)32)26(16-30)10-13-29(14-11-26)24(31)19-7-5-18(6-8-19)15-36(33,34)22-4-2-3-21-23(22)27-17-35-21/h2-8,17,20,30H,9-16H2,1H3. The van der Waals surface area contributed by atoms with Gasteiger partial charge in [0, 0.05) is 50.2 Å².